The zero-order valence-electron chi connectivity index (χ0n) is 10.2. The summed E-state index contributed by atoms with van der Waals surface area (Å²) >= 11 is 0. The Bertz CT molecular complexity index is 509. The van der Waals surface area contributed by atoms with Crippen molar-refractivity contribution in [3.05, 3.63) is 65.7 Å². The Morgan fingerprint density at radius 1 is 1.00 bits per heavy atom. The second-order valence-electron chi connectivity index (χ2n) is 4.17. The molecule has 0 spiro atoms. The Labute approximate surface area is 110 Å². The fraction of sp³-hybridized carbons (Fsp3) is 0.200. The van der Waals surface area contributed by atoms with E-state index >= 15 is 0 Å². The van der Waals surface area contributed by atoms with Gasteiger partial charge in [0.1, 0.15) is 17.4 Å². The van der Waals surface area contributed by atoms with E-state index in [2.05, 4.69) is 0 Å². The molecule has 2 aromatic rings. The molecule has 0 heterocycles. The first-order valence-electron chi connectivity index (χ1n) is 5.97. The highest BCUT2D eigenvalue weighted by molar-refractivity contribution is 5.23. The molecule has 0 saturated heterocycles. The number of benzene rings is 2. The lowest BCUT2D eigenvalue weighted by Crippen LogP contribution is -2.05. The van der Waals surface area contributed by atoms with Crippen molar-refractivity contribution < 1.29 is 18.6 Å². The molecule has 0 bridgehead atoms. The first-order chi connectivity index (χ1) is 9.15. The van der Waals surface area contributed by atoms with Crippen LogP contribution in [0.3, 0.4) is 0 Å². The third-order valence-corrected chi connectivity index (χ3v) is 2.68. The van der Waals surface area contributed by atoms with Crippen molar-refractivity contribution in [2.75, 3.05) is 6.61 Å². The first-order valence-corrected chi connectivity index (χ1v) is 5.97. The molecule has 1 unspecified atom stereocenters. The monoisotopic (exact) mass is 264 g/mol. The van der Waals surface area contributed by atoms with Crippen LogP contribution in [0.4, 0.5) is 8.78 Å². The van der Waals surface area contributed by atoms with Crippen LogP contribution in [0.2, 0.25) is 0 Å². The zero-order valence-corrected chi connectivity index (χ0v) is 10.2. The molecule has 0 amide bonds. The summed E-state index contributed by atoms with van der Waals surface area (Å²) in [6.45, 7) is 0.180. The van der Waals surface area contributed by atoms with Gasteiger partial charge in [-0.3, -0.25) is 0 Å². The fourth-order valence-corrected chi connectivity index (χ4v) is 1.74. The molecule has 1 N–H and O–H groups in total. The van der Waals surface area contributed by atoms with Crippen molar-refractivity contribution in [3.8, 4) is 5.75 Å². The largest absolute Gasteiger partial charge is 0.493 e. The van der Waals surface area contributed by atoms with Gasteiger partial charge in [-0.25, -0.2) is 8.78 Å². The van der Waals surface area contributed by atoms with Gasteiger partial charge in [-0.1, -0.05) is 30.3 Å². The van der Waals surface area contributed by atoms with Crippen molar-refractivity contribution >= 4 is 0 Å². The van der Waals surface area contributed by atoms with Gasteiger partial charge in [-0.15, -0.1) is 0 Å². The van der Waals surface area contributed by atoms with Gasteiger partial charge in [0.25, 0.3) is 0 Å². The number of hydrogen-bond acceptors (Lipinski definition) is 2. The summed E-state index contributed by atoms with van der Waals surface area (Å²) < 4.78 is 31.0. The van der Waals surface area contributed by atoms with Crippen molar-refractivity contribution in [2.24, 2.45) is 0 Å². The van der Waals surface area contributed by atoms with Crippen LogP contribution >= 0.6 is 0 Å². The smallest absolute Gasteiger partial charge is 0.129 e. The van der Waals surface area contributed by atoms with Crippen LogP contribution in [0.15, 0.2) is 48.5 Å². The van der Waals surface area contributed by atoms with Gasteiger partial charge < -0.3 is 9.84 Å². The van der Waals surface area contributed by atoms with E-state index in [1.54, 1.807) is 0 Å². The first kappa shape index (κ1) is 13.5. The number of aliphatic hydroxyl groups excluding tert-OH is 1. The van der Waals surface area contributed by atoms with E-state index in [-0.39, 0.29) is 12.4 Å². The van der Waals surface area contributed by atoms with E-state index in [1.165, 1.54) is 0 Å². The molecular formula is C15H14F2O2. The van der Waals surface area contributed by atoms with E-state index in [0.29, 0.717) is 6.42 Å². The highest BCUT2D eigenvalue weighted by Gasteiger charge is 2.07. The van der Waals surface area contributed by atoms with E-state index in [9.17, 15) is 13.9 Å². The molecule has 0 aromatic heterocycles. The zero-order chi connectivity index (χ0) is 13.7. The highest BCUT2D eigenvalue weighted by atomic mass is 19.1. The van der Waals surface area contributed by atoms with Crippen LogP contribution in [0.5, 0.6) is 5.75 Å². The van der Waals surface area contributed by atoms with Gasteiger partial charge in [0, 0.05) is 24.6 Å². The van der Waals surface area contributed by atoms with Gasteiger partial charge in [-0.2, -0.15) is 0 Å². The SMILES string of the molecule is OC(CCOc1cc(F)cc(F)c1)c1ccccc1. The van der Waals surface area contributed by atoms with Gasteiger partial charge in [0.05, 0.1) is 12.7 Å². The Balaban J connectivity index is 1.86. The average molecular weight is 264 g/mol. The standard InChI is InChI=1S/C15H14F2O2/c16-12-8-13(17)10-14(9-12)19-7-6-15(18)11-4-2-1-3-5-11/h1-5,8-10,15,18H,6-7H2. The lowest BCUT2D eigenvalue weighted by molar-refractivity contribution is 0.140. The van der Waals surface area contributed by atoms with Crippen molar-refractivity contribution in [2.45, 2.75) is 12.5 Å². The normalized spacial score (nSPS) is 12.2. The van der Waals surface area contributed by atoms with E-state index < -0.39 is 17.7 Å². The summed E-state index contributed by atoms with van der Waals surface area (Å²) in [5.74, 6) is -1.24. The Kier molecular flexibility index (Phi) is 4.47. The van der Waals surface area contributed by atoms with E-state index in [4.69, 9.17) is 4.74 Å². The number of halogens is 2. The maximum atomic E-state index is 12.9. The van der Waals surface area contributed by atoms with Crippen molar-refractivity contribution in [3.63, 3.8) is 0 Å². The van der Waals surface area contributed by atoms with Gasteiger partial charge >= 0.3 is 0 Å². The molecule has 100 valence electrons. The molecule has 0 saturated carbocycles. The minimum Gasteiger partial charge on any atom is -0.493 e. The summed E-state index contributed by atoms with van der Waals surface area (Å²) in [7, 11) is 0. The third kappa shape index (κ3) is 4.03. The molecule has 0 aliphatic rings. The highest BCUT2D eigenvalue weighted by Crippen LogP contribution is 2.19. The van der Waals surface area contributed by atoms with Gasteiger partial charge in [0.2, 0.25) is 0 Å². The molecule has 0 aliphatic carbocycles. The van der Waals surface area contributed by atoms with Gasteiger partial charge in [-0.05, 0) is 5.56 Å². The molecule has 4 heteroatoms. The molecular weight excluding hydrogens is 250 g/mol. The molecule has 0 fully saturated rings. The van der Waals surface area contributed by atoms with E-state index in [1.807, 2.05) is 30.3 Å². The lowest BCUT2D eigenvalue weighted by atomic mass is 10.1. The van der Waals surface area contributed by atoms with Crippen molar-refractivity contribution in [1.29, 1.82) is 0 Å². The summed E-state index contributed by atoms with van der Waals surface area (Å²) in [4.78, 5) is 0. The molecule has 0 aliphatic heterocycles. The molecule has 2 aromatic carbocycles. The quantitative estimate of drug-likeness (QED) is 0.896. The summed E-state index contributed by atoms with van der Waals surface area (Å²) in [6, 6.07) is 12.2. The summed E-state index contributed by atoms with van der Waals surface area (Å²) in [5.41, 5.74) is 0.788. The average Bonchev–Trinajstić information content (AvgIpc) is 2.38. The van der Waals surface area contributed by atoms with Crippen LogP contribution in [0.25, 0.3) is 0 Å². The minimum absolute atomic E-state index is 0.123. The molecule has 1 atom stereocenters. The fourth-order valence-electron chi connectivity index (χ4n) is 1.74. The number of hydrogen-bond donors (Lipinski definition) is 1. The Hall–Kier alpha value is -1.94. The van der Waals surface area contributed by atoms with Crippen LogP contribution < -0.4 is 4.74 Å². The molecule has 2 nitrogen and oxygen atoms in total. The van der Waals surface area contributed by atoms with Crippen LogP contribution in [-0.4, -0.2) is 11.7 Å². The minimum atomic E-state index is -0.682. The number of rotatable bonds is 5. The lowest BCUT2D eigenvalue weighted by Gasteiger charge is -2.12. The predicted octanol–water partition coefficient (Wildman–Crippen LogP) is 3.47. The van der Waals surface area contributed by atoms with E-state index in [0.717, 1.165) is 23.8 Å². The second kappa shape index (κ2) is 6.29. The molecule has 19 heavy (non-hydrogen) atoms. The van der Waals surface area contributed by atoms with Crippen LogP contribution in [0.1, 0.15) is 18.1 Å². The summed E-state index contributed by atoms with van der Waals surface area (Å²) in [6.07, 6.45) is -0.304. The van der Waals surface area contributed by atoms with Gasteiger partial charge in [0.15, 0.2) is 0 Å². The van der Waals surface area contributed by atoms with Crippen molar-refractivity contribution in [1.82, 2.24) is 0 Å². The van der Waals surface area contributed by atoms with Crippen LogP contribution in [0, 0.1) is 11.6 Å². The predicted molar refractivity (Wildman–Crippen MR) is 67.9 cm³/mol. The maximum Gasteiger partial charge on any atom is 0.129 e. The number of ether oxygens (including phenoxy) is 1. The third-order valence-electron chi connectivity index (χ3n) is 2.68. The number of aliphatic hydroxyl groups is 1. The molecule has 2 rings (SSSR count). The maximum absolute atomic E-state index is 12.9. The second-order valence-corrected chi connectivity index (χ2v) is 4.17. The summed E-state index contributed by atoms with van der Waals surface area (Å²) in [5, 5.41) is 9.88. The Morgan fingerprint density at radius 2 is 1.63 bits per heavy atom. The Morgan fingerprint density at radius 3 is 2.26 bits per heavy atom. The molecule has 0 radical (unpaired) electrons. The topological polar surface area (TPSA) is 29.5 Å². The van der Waals surface area contributed by atoms with Crippen LogP contribution in [-0.2, 0) is 0 Å².